The Hall–Kier alpha value is -0.970. The lowest BCUT2D eigenvalue weighted by Gasteiger charge is -2.30. The molecule has 0 saturated heterocycles. The molecule has 0 aliphatic heterocycles. The van der Waals surface area contributed by atoms with Gasteiger partial charge in [-0.15, -0.1) is 0 Å². The maximum Gasteiger partial charge on any atom is 0.0744 e. The molecule has 3 unspecified atom stereocenters. The van der Waals surface area contributed by atoms with Crippen LogP contribution in [0.5, 0.6) is 0 Å². The van der Waals surface area contributed by atoms with Crippen LogP contribution in [0.2, 0.25) is 0 Å². The molecule has 1 heterocycles. The van der Waals surface area contributed by atoms with Gasteiger partial charge in [0.25, 0.3) is 0 Å². The average Bonchev–Trinajstić information content (AvgIpc) is 2.83. The summed E-state index contributed by atoms with van der Waals surface area (Å²) in [6.45, 7) is 2.17. The number of hydrazine groups is 1. The van der Waals surface area contributed by atoms with Crippen LogP contribution in [-0.2, 0) is 11.2 Å². The molecule has 1 aliphatic rings. The number of hydrogen-bond acceptors (Lipinski definition) is 4. The van der Waals surface area contributed by atoms with Crippen LogP contribution in [-0.4, -0.2) is 24.2 Å². The minimum atomic E-state index is 0.145. The minimum Gasteiger partial charge on any atom is -0.380 e. The predicted molar refractivity (Wildman–Crippen MR) is 72.1 cm³/mol. The van der Waals surface area contributed by atoms with Crippen molar-refractivity contribution in [2.24, 2.45) is 5.84 Å². The SMILES string of the molecule is CCCC(OC)C(NN)C1CCc2cccnc21. The van der Waals surface area contributed by atoms with Gasteiger partial charge in [-0.1, -0.05) is 19.4 Å². The maximum absolute atomic E-state index is 5.76. The van der Waals surface area contributed by atoms with E-state index >= 15 is 0 Å². The standard InChI is InChI=1S/C14H23N3O/c1-3-5-12(18-2)14(17-15)11-8-7-10-6-4-9-16-13(10)11/h4,6,9,11-12,14,17H,3,5,7-8,15H2,1-2H3. The molecule has 0 radical (unpaired) electrons. The molecule has 0 spiro atoms. The van der Waals surface area contributed by atoms with Gasteiger partial charge in [0.2, 0.25) is 0 Å². The Kier molecular flexibility index (Phi) is 4.69. The largest absolute Gasteiger partial charge is 0.380 e. The Bertz CT molecular complexity index is 383. The Morgan fingerprint density at radius 1 is 1.61 bits per heavy atom. The second-order valence-corrected chi connectivity index (χ2v) is 4.95. The summed E-state index contributed by atoms with van der Waals surface area (Å²) in [5, 5.41) is 0. The van der Waals surface area contributed by atoms with E-state index in [4.69, 9.17) is 10.6 Å². The van der Waals surface area contributed by atoms with Crippen LogP contribution in [0.3, 0.4) is 0 Å². The minimum absolute atomic E-state index is 0.145. The van der Waals surface area contributed by atoms with Crippen LogP contribution in [0.1, 0.15) is 43.4 Å². The van der Waals surface area contributed by atoms with Gasteiger partial charge in [-0.25, -0.2) is 0 Å². The molecular weight excluding hydrogens is 226 g/mol. The highest BCUT2D eigenvalue weighted by atomic mass is 16.5. The van der Waals surface area contributed by atoms with Crippen molar-refractivity contribution in [3.05, 3.63) is 29.6 Å². The molecule has 0 amide bonds. The van der Waals surface area contributed by atoms with Gasteiger partial charge in [-0.2, -0.15) is 0 Å². The first-order valence-corrected chi connectivity index (χ1v) is 6.74. The fourth-order valence-electron chi connectivity index (χ4n) is 3.00. The zero-order valence-electron chi connectivity index (χ0n) is 11.2. The second kappa shape index (κ2) is 6.27. The molecule has 0 aromatic carbocycles. The Morgan fingerprint density at radius 3 is 3.11 bits per heavy atom. The first-order valence-electron chi connectivity index (χ1n) is 6.74. The molecule has 4 nitrogen and oxygen atoms in total. The number of nitrogens with two attached hydrogens (primary N) is 1. The topological polar surface area (TPSA) is 60.2 Å². The maximum atomic E-state index is 5.76. The summed E-state index contributed by atoms with van der Waals surface area (Å²) in [5.41, 5.74) is 5.50. The highest BCUT2D eigenvalue weighted by Crippen LogP contribution is 2.35. The smallest absolute Gasteiger partial charge is 0.0744 e. The number of hydrogen-bond donors (Lipinski definition) is 2. The summed E-state index contributed by atoms with van der Waals surface area (Å²) in [4.78, 5) is 4.54. The van der Waals surface area contributed by atoms with Crippen LogP contribution in [0.25, 0.3) is 0 Å². The van der Waals surface area contributed by atoms with Gasteiger partial charge in [-0.05, 0) is 30.9 Å². The molecule has 18 heavy (non-hydrogen) atoms. The van der Waals surface area contributed by atoms with Crippen molar-refractivity contribution in [2.45, 2.75) is 50.7 Å². The van der Waals surface area contributed by atoms with E-state index in [9.17, 15) is 0 Å². The van der Waals surface area contributed by atoms with Gasteiger partial charge in [0.05, 0.1) is 12.1 Å². The number of rotatable bonds is 6. The molecule has 0 bridgehead atoms. The molecule has 2 rings (SSSR count). The highest BCUT2D eigenvalue weighted by molar-refractivity contribution is 5.30. The van der Waals surface area contributed by atoms with Crippen molar-refractivity contribution >= 4 is 0 Å². The van der Waals surface area contributed by atoms with E-state index in [1.165, 1.54) is 11.3 Å². The monoisotopic (exact) mass is 249 g/mol. The first kappa shape index (κ1) is 13.5. The third-order valence-corrected chi connectivity index (χ3v) is 3.90. The van der Waals surface area contributed by atoms with Crippen molar-refractivity contribution < 1.29 is 4.74 Å². The highest BCUT2D eigenvalue weighted by Gasteiger charge is 2.34. The summed E-state index contributed by atoms with van der Waals surface area (Å²) in [6.07, 6.45) is 6.33. The molecule has 3 atom stereocenters. The average molecular weight is 249 g/mol. The fourth-order valence-corrected chi connectivity index (χ4v) is 3.00. The Morgan fingerprint density at radius 2 is 2.44 bits per heavy atom. The number of nitrogens with one attached hydrogen (secondary N) is 1. The second-order valence-electron chi connectivity index (χ2n) is 4.95. The van der Waals surface area contributed by atoms with E-state index in [1.54, 1.807) is 7.11 Å². The van der Waals surface area contributed by atoms with Crippen LogP contribution < -0.4 is 11.3 Å². The van der Waals surface area contributed by atoms with Crippen LogP contribution in [0.15, 0.2) is 18.3 Å². The lowest BCUT2D eigenvalue weighted by molar-refractivity contribution is 0.0513. The first-order chi connectivity index (χ1) is 8.81. The molecule has 4 heteroatoms. The normalized spacial score (nSPS) is 21.6. The van der Waals surface area contributed by atoms with Gasteiger partial charge in [0.15, 0.2) is 0 Å². The van der Waals surface area contributed by atoms with Gasteiger partial charge >= 0.3 is 0 Å². The number of ether oxygens (including phenoxy) is 1. The van der Waals surface area contributed by atoms with Crippen LogP contribution >= 0.6 is 0 Å². The molecule has 100 valence electrons. The fraction of sp³-hybridized carbons (Fsp3) is 0.643. The molecule has 0 saturated carbocycles. The third-order valence-electron chi connectivity index (χ3n) is 3.90. The van der Waals surface area contributed by atoms with E-state index in [0.29, 0.717) is 5.92 Å². The molecule has 3 N–H and O–H groups in total. The van der Waals surface area contributed by atoms with Crippen molar-refractivity contribution in [3.63, 3.8) is 0 Å². The van der Waals surface area contributed by atoms with Crippen molar-refractivity contribution in [1.29, 1.82) is 0 Å². The summed E-state index contributed by atoms with van der Waals surface area (Å²) >= 11 is 0. The van der Waals surface area contributed by atoms with E-state index in [2.05, 4.69) is 23.4 Å². The molecular formula is C14H23N3O. The predicted octanol–water partition coefficient (Wildman–Crippen LogP) is 1.76. The molecule has 0 fully saturated rings. The molecule has 1 aliphatic carbocycles. The lowest BCUT2D eigenvalue weighted by Crippen LogP contribution is -2.48. The number of fused-ring (bicyclic) bond motifs is 1. The van der Waals surface area contributed by atoms with E-state index in [0.717, 1.165) is 25.7 Å². The number of aryl methyl sites for hydroxylation is 1. The summed E-state index contributed by atoms with van der Waals surface area (Å²) in [6, 6.07) is 4.31. The van der Waals surface area contributed by atoms with Gasteiger partial charge < -0.3 is 4.74 Å². The quantitative estimate of drug-likeness (QED) is 0.596. The van der Waals surface area contributed by atoms with E-state index in [1.807, 2.05) is 12.3 Å². The number of aromatic nitrogens is 1. The van der Waals surface area contributed by atoms with Gasteiger partial charge in [-0.3, -0.25) is 16.3 Å². The molecule has 1 aromatic rings. The Balaban J connectivity index is 2.19. The van der Waals surface area contributed by atoms with Crippen molar-refractivity contribution in [2.75, 3.05) is 7.11 Å². The summed E-state index contributed by atoms with van der Waals surface area (Å²) in [5.74, 6) is 6.12. The summed E-state index contributed by atoms with van der Waals surface area (Å²) < 4.78 is 5.60. The number of nitrogens with zero attached hydrogens (tertiary/aromatic N) is 1. The number of methoxy groups -OCH3 is 1. The van der Waals surface area contributed by atoms with E-state index < -0.39 is 0 Å². The van der Waals surface area contributed by atoms with Crippen molar-refractivity contribution in [3.8, 4) is 0 Å². The van der Waals surface area contributed by atoms with Crippen LogP contribution in [0, 0.1) is 0 Å². The zero-order valence-corrected chi connectivity index (χ0v) is 11.2. The lowest BCUT2D eigenvalue weighted by atomic mass is 9.91. The van der Waals surface area contributed by atoms with E-state index in [-0.39, 0.29) is 12.1 Å². The van der Waals surface area contributed by atoms with Crippen molar-refractivity contribution in [1.82, 2.24) is 10.4 Å². The molecule has 1 aromatic heterocycles. The third kappa shape index (κ3) is 2.55. The zero-order chi connectivity index (χ0) is 13.0. The van der Waals surface area contributed by atoms with Gasteiger partial charge in [0.1, 0.15) is 0 Å². The van der Waals surface area contributed by atoms with Crippen LogP contribution in [0.4, 0.5) is 0 Å². The number of pyridine rings is 1. The summed E-state index contributed by atoms with van der Waals surface area (Å²) in [7, 11) is 1.76. The van der Waals surface area contributed by atoms with Gasteiger partial charge in [0, 0.05) is 24.9 Å². The Labute approximate surface area is 109 Å².